The van der Waals surface area contributed by atoms with E-state index in [-0.39, 0.29) is 23.0 Å². The molecule has 2 amide bonds. The van der Waals surface area contributed by atoms with Crippen LogP contribution < -0.4 is 23.8 Å². The number of anilines is 1. The first-order valence-electron chi connectivity index (χ1n) is 13.6. The summed E-state index contributed by atoms with van der Waals surface area (Å²) in [7, 11) is 0.266. The Morgan fingerprint density at radius 3 is 2.05 bits per heavy atom. The van der Waals surface area contributed by atoms with Gasteiger partial charge in [-0.25, -0.2) is 8.42 Å². The molecule has 0 bridgehead atoms. The third-order valence-electron chi connectivity index (χ3n) is 6.79. The lowest BCUT2D eigenvalue weighted by Crippen LogP contribution is -2.52. The van der Waals surface area contributed by atoms with Crippen molar-refractivity contribution in [3.8, 4) is 17.2 Å². The maximum atomic E-state index is 14.1. The van der Waals surface area contributed by atoms with E-state index in [0.29, 0.717) is 30.2 Å². The standard InChI is InChI=1S/C31H39N3O7S/c1-7-27(31(36)32-8-2)33(20-23-11-14-25(39-4)15-12-23)30(35)21-34(24-13-18-28(40-5)29(19-24)41-6)42(37,38)26-16-9-22(3)10-17-26/h9-19,27H,7-8,20-21H2,1-6H3,(H,32,36)/t27-/m1/s1. The number of nitrogens with zero attached hydrogens (tertiary/aromatic N) is 2. The van der Waals surface area contributed by atoms with Crippen LogP contribution in [0.15, 0.2) is 71.6 Å². The number of hydrogen-bond acceptors (Lipinski definition) is 7. The van der Waals surface area contributed by atoms with Gasteiger partial charge in [0.05, 0.1) is 31.9 Å². The SMILES string of the molecule is CCNC(=O)[C@@H](CC)N(Cc1ccc(OC)cc1)C(=O)CN(c1ccc(OC)c(OC)c1)S(=O)(=O)c1ccc(C)cc1. The molecule has 0 spiro atoms. The molecule has 226 valence electrons. The number of amides is 2. The van der Waals surface area contributed by atoms with E-state index in [1.165, 1.54) is 37.3 Å². The third kappa shape index (κ3) is 7.52. The first-order chi connectivity index (χ1) is 20.1. The Labute approximate surface area is 248 Å². The number of carbonyl (C=O) groups is 2. The van der Waals surface area contributed by atoms with Gasteiger partial charge in [0.25, 0.3) is 10.0 Å². The topological polar surface area (TPSA) is 114 Å². The van der Waals surface area contributed by atoms with Gasteiger partial charge in [-0.05, 0) is 62.2 Å². The van der Waals surface area contributed by atoms with Gasteiger partial charge < -0.3 is 24.4 Å². The van der Waals surface area contributed by atoms with Gasteiger partial charge >= 0.3 is 0 Å². The van der Waals surface area contributed by atoms with Crippen LogP contribution in [0.1, 0.15) is 31.4 Å². The molecule has 3 aromatic rings. The summed E-state index contributed by atoms with van der Waals surface area (Å²) in [6, 6.07) is 17.3. The number of ether oxygens (including phenoxy) is 3. The monoisotopic (exact) mass is 597 g/mol. The minimum absolute atomic E-state index is 0.0214. The molecule has 0 aliphatic rings. The Morgan fingerprint density at radius 1 is 0.857 bits per heavy atom. The van der Waals surface area contributed by atoms with E-state index in [1.807, 2.05) is 13.8 Å². The predicted molar refractivity (Wildman–Crippen MR) is 162 cm³/mol. The molecule has 0 aliphatic carbocycles. The van der Waals surface area contributed by atoms with Gasteiger partial charge in [0.2, 0.25) is 11.8 Å². The number of carbonyl (C=O) groups excluding carboxylic acids is 2. The molecule has 0 fully saturated rings. The van der Waals surface area contributed by atoms with Gasteiger partial charge in [0.15, 0.2) is 11.5 Å². The summed E-state index contributed by atoms with van der Waals surface area (Å²) in [6.45, 7) is 5.38. The quantitative estimate of drug-likeness (QED) is 0.297. The summed E-state index contributed by atoms with van der Waals surface area (Å²) in [5.74, 6) is 0.491. The number of benzene rings is 3. The predicted octanol–water partition coefficient (Wildman–Crippen LogP) is 4.16. The highest BCUT2D eigenvalue weighted by atomic mass is 32.2. The van der Waals surface area contributed by atoms with Crippen LogP contribution in [0, 0.1) is 6.92 Å². The van der Waals surface area contributed by atoms with Crippen LogP contribution in [0.5, 0.6) is 17.2 Å². The van der Waals surface area contributed by atoms with E-state index in [0.717, 1.165) is 15.4 Å². The van der Waals surface area contributed by atoms with E-state index in [2.05, 4.69) is 5.32 Å². The Balaban J connectivity index is 2.11. The van der Waals surface area contributed by atoms with Crippen molar-refractivity contribution in [1.82, 2.24) is 10.2 Å². The minimum atomic E-state index is -4.22. The zero-order valence-electron chi connectivity index (χ0n) is 24.9. The zero-order valence-corrected chi connectivity index (χ0v) is 25.7. The molecule has 0 radical (unpaired) electrons. The van der Waals surface area contributed by atoms with E-state index in [1.54, 1.807) is 62.6 Å². The van der Waals surface area contributed by atoms with E-state index in [9.17, 15) is 18.0 Å². The molecule has 0 aliphatic heterocycles. The van der Waals surface area contributed by atoms with Crippen LogP contribution >= 0.6 is 0 Å². The number of methoxy groups -OCH3 is 3. The molecular weight excluding hydrogens is 558 g/mol. The summed E-state index contributed by atoms with van der Waals surface area (Å²) in [4.78, 5) is 28.7. The molecule has 3 rings (SSSR count). The van der Waals surface area contributed by atoms with Crippen molar-refractivity contribution in [3.63, 3.8) is 0 Å². The molecule has 1 atom stereocenters. The van der Waals surface area contributed by atoms with E-state index in [4.69, 9.17) is 14.2 Å². The Kier molecular flexibility index (Phi) is 11.2. The van der Waals surface area contributed by atoms with Crippen molar-refractivity contribution in [1.29, 1.82) is 0 Å². The fraction of sp³-hybridized carbons (Fsp3) is 0.355. The highest BCUT2D eigenvalue weighted by Gasteiger charge is 2.34. The van der Waals surface area contributed by atoms with Crippen molar-refractivity contribution in [2.45, 2.75) is 44.7 Å². The lowest BCUT2D eigenvalue weighted by atomic mass is 10.1. The van der Waals surface area contributed by atoms with Crippen LogP contribution in [-0.2, 0) is 26.2 Å². The van der Waals surface area contributed by atoms with Gasteiger partial charge in [-0.2, -0.15) is 0 Å². The van der Waals surface area contributed by atoms with Crippen LogP contribution in [0.25, 0.3) is 0 Å². The molecule has 0 saturated heterocycles. The smallest absolute Gasteiger partial charge is 0.264 e. The molecule has 0 heterocycles. The maximum Gasteiger partial charge on any atom is 0.264 e. The van der Waals surface area contributed by atoms with Gasteiger partial charge in [-0.15, -0.1) is 0 Å². The van der Waals surface area contributed by atoms with Crippen molar-refractivity contribution in [2.75, 3.05) is 38.7 Å². The summed E-state index contributed by atoms with van der Waals surface area (Å²) in [5, 5.41) is 2.79. The van der Waals surface area contributed by atoms with Gasteiger partial charge in [-0.1, -0.05) is 36.8 Å². The summed E-state index contributed by atoms with van der Waals surface area (Å²) in [6.07, 6.45) is 0.328. The molecule has 42 heavy (non-hydrogen) atoms. The number of aryl methyl sites for hydroxylation is 1. The highest BCUT2D eigenvalue weighted by Crippen LogP contribution is 2.34. The fourth-order valence-corrected chi connectivity index (χ4v) is 5.89. The van der Waals surface area contributed by atoms with Crippen molar-refractivity contribution >= 4 is 27.5 Å². The van der Waals surface area contributed by atoms with E-state index < -0.39 is 28.5 Å². The summed E-state index contributed by atoms with van der Waals surface area (Å²) >= 11 is 0. The normalized spacial score (nSPS) is 11.8. The molecular formula is C31H39N3O7S. The number of likely N-dealkylation sites (N-methyl/N-ethyl adjacent to an activating group) is 1. The molecule has 0 saturated carbocycles. The molecule has 10 nitrogen and oxygen atoms in total. The van der Waals surface area contributed by atoms with Gasteiger partial charge in [0, 0.05) is 19.2 Å². The minimum Gasteiger partial charge on any atom is -0.497 e. The molecule has 11 heteroatoms. The van der Waals surface area contributed by atoms with E-state index >= 15 is 0 Å². The fourth-order valence-electron chi connectivity index (χ4n) is 4.49. The second kappa shape index (κ2) is 14.6. The lowest BCUT2D eigenvalue weighted by Gasteiger charge is -2.33. The van der Waals surface area contributed by atoms with Crippen molar-refractivity contribution < 1.29 is 32.2 Å². The van der Waals surface area contributed by atoms with Gasteiger partial charge in [-0.3, -0.25) is 13.9 Å². The molecule has 1 N–H and O–H groups in total. The zero-order chi connectivity index (χ0) is 30.9. The molecule has 0 unspecified atom stereocenters. The lowest BCUT2D eigenvalue weighted by molar-refractivity contribution is -0.140. The number of sulfonamides is 1. The first kappa shape index (κ1) is 32.3. The van der Waals surface area contributed by atoms with Crippen LogP contribution in [0.2, 0.25) is 0 Å². The summed E-state index contributed by atoms with van der Waals surface area (Å²) in [5.41, 5.74) is 1.85. The summed E-state index contributed by atoms with van der Waals surface area (Å²) < 4.78 is 45.1. The maximum absolute atomic E-state index is 14.1. The van der Waals surface area contributed by atoms with Crippen LogP contribution in [-0.4, -0.2) is 65.6 Å². The van der Waals surface area contributed by atoms with Crippen molar-refractivity contribution in [2.24, 2.45) is 0 Å². The first-order valence-corrected chi connectivity index (χ1v) is 15.0. The van der Waals surface area contributed by atoms with Gasteiger partial charge in [0.1, 0.15) is 18.3 Å². The van der Waals surface area contributed by atoms with Crippen LogP contribution in [0.4, 0.5) is 5.69 Å². The Hall–Kier alpha value is -4.25. The molecule has 3 aromatic carbocycles. The third-order valence-corrected chi connectivity index (χ3v) is 8.58. The second-order valence-electron chi connectivity index (χ2n) is 9.55. The van der Waals surface area contributed by atoms with Crippen molar-refractivity contribution in [3.05, 3.63) is 77.9 Å². The number of hydrogen-bond donors (Lipinski definition) is 1. The largest absolute Gasteiger partial charge is 0.497 e. The average Bonchev–Trinajstić information content (AvgIpc) is 2.99. The Bertz CT molecular complexity index is 1460. The number of rotatable bonds is 14. The second-order valence-corrected chi connectivity index (χ2v) is 11.4. The molecule has 0 aromatic heterocycles. The highest BCUT2D eigenvalue weighted by molar-refractivity contribution is 7.92. The average molecular weight is 598 g/mol. The Morgan fingerprint density at radius 2 is 1.50 bits per heavy atom. The number of nitrogens with one attached hydrogen (secondary N) is 1. The van der Waals surface area contributed by atoms with Crippen LogP contribution in [0.3, 0.4) is 0 Å².